The molecule has 1 aromatic carbocycles. The summed E-state index contributed by atoms with van der Waals surface area (Å²) in [5.41, 5.74) is 8.88. The minimum Gasteiger partial charge on any atom is -0.364 e. The highest BCUT2D eigenvalue weighted by atomic mass is 16.1. The summed E-state index contributed by atoms with van der Waals surface area (Å²) in [6, 6.07) is 8.46. The number of amides is 1. The molecule has 4 N–H and O–H groups in total. The zero-order chi connectivity index (χ0) is 21.8. The number of nitrogens with zero attached hydrogens (tertiary/aromatic N) is 4. The van der Waals surface area contributed by atoms with Crippen molar-refractivity contribution in [3.63, 3.8) is 0 Å². The van der Waals surface area contributed by atoms with E-state index in [2.05, 4.69) is 56.7 Å². The van der Waals surface area contributed by atoms with Crippen molar-refractivity contribution in [3.05, 3.63) is 41.2 Å². The average Bonchev–Trinajstić information content (AvgIpc) is 2.80. The average molecular weight is 424 g/mol. The number of aryl methyl sites for hydroxylation is 1. The number of carbonyl (C=O) groups is 1. The first-order valence-electron chi connectivity index (χ1n) is 11.3. The number of piperazine rings is 1. The van der Waals surface area contributed by atoms with E-state index >= 15 is 0 Å². The molecule has 0 bridgehead atoms. The van der Waals surface area contributed by atoms with Gasteiger partial charge in [0.05, 0.1) is 5.69 Å². The third kappa shape index (κ3) is 4.97. The lowest BCUT2D eigenvalue weighted by molar-refractivity contribution is 0.0996. The van der Waals surface area contributed by atoms with Crippen LogP contribution >= 0.6 is 0 Å². The van der Waals surface area contributed by atoms with E-state index in [1.54, 1.807) is 0 Å². The minimum atomic E-state index is -0.570. The van der Waals surface area contributed by atoms with Crippen molar-refractivity contribution in [1.82, 2.24) is 20.2 Å². The zero-order valence-electron chi connectivity index (χ0n) is 18.5. The Morgan fingerprint density at radius 1 is 1.13 bits per heavy atom. The number of primary amides is 1. The van der Waals surface area contributed by atoms with Gasteiger partial charge in [0.2, 0.25) is 0 Å². The lowest BCUT2D eigenvalue weighted by Crippen LogP contribution is -2.44. The first-order chi connectivity index (χ1) is 15.0. The van der Waals surface area contributed by atoms with Crippen molar-refractivity contribution in [2.75, 3.05) is 56.5 Å². The number of piperidine rings is 1. The van der Waals surface area contributed by atoms with Crippen LogP contribution in [0.5, 0.6) is 0 Å². The minimum absolute atomic E-state index is 0.190. The predicted molar refractivity (Wildman–Crippen MR) is 124 cm³/mol. The summed E-state index contributed by atoms with van der Waals surface area (Å²) in [7, 11) is 2.18. The van der Waals surface area contributed by atoms with Gasteiger partial charge in [0.25, 0.3) is 5.91 Å². The molecular formula is C23H33N7O. The second-order valence-electron chi connectivity index (χ2n) is 8.47. The molecule has 1 aromatic heterocycles. The van der Waals surface area contributed by atoms with Crippen LogP contribution in [0.3, 0.4) is 0 Å². The van der Waals surface area contributed by atoms with Crippen LogP contribution in [0.4, 0.5) is 17.3 Å². The molecule has 0 aliphatic carbocycles. The summed E-state index contributed by atoms with van der Waals surface area (Å²) in [4.78, 5) is 26.1. The SMILES string of the molecule is CCc1nc(C(N)=O)c(Nc2ccc(C3CCN(C)CC3)cc2)nc1N1CCNCC1. The van der Waals surface area contributed by atoms with Crippen molar-refractivity contribution in [3.8, 4) is 0 Å². The van der Waals surface area contributed by atoms with Gasteiger partial charge in [-0.15, -0.1) is 0 Å². The molecule has 2 fully saturated rings. The highest BCUT2D eigenvalue weighted by molar-refractivity contribution is 5.96. The van der Waals surface area contributed by atoms with E-state index in [1.807, 2.05) is 6.92 Å². The van der Waals surface area contributed by atoms with Gasteiger partial charge in [-0.1, -0.05) is 19.1 Å². The Balaban J connectivity index is 1.58. The fourth-order valence-corrected chi connectivity index (χ4v) is 4.40. The van der Waals surface area contributed by atoms with E-state index in [1.165, 1.54) is 18.4 Å². The summed E-state index contributed by atoms with van der Waals surface area (Å²) in [6.07, 6.45) is 3.07. The number of nitrogens with two attached hydrogens (primary N) is 1. The Hall–Kier alpha value is -2.71. The van der Waals surface area contributed by atoms with Gasteiger partial charge in [-0.2, -0.15) is 0 Å². The first kappa shape index (κ1) is 21.5. The molecule has 0 radical (unpaired) electrons. The first-order valence-corrected chi connectivity index (χ1v) is 11.3. The van der Waals surface area contributed by atoms with Gasteiger partial charge < -0.3 is 26.2 Å². The third-order valence-corrected chi connectivity index (χ3v) is 6.30. The number of anilines is 3. The molecule has 166 valence electrons. The molecule has 0 saturated carbocycles. The van der Waals surface area contributed by atoms with Gasteiger partial charge in [0.1, 0.15) is 0 Å². The summed E-state index contributed by atoms with van der Waals surface area (Å²) < 4.78 is 0. The van der Waals surface area contributed by atoms with Crippen molar-refractivity contribution in [2.24, 2.45) is 5.73 Å². The molecule has 8 heteroatoms. The molecule has 0 atom stereocenters. The van der Waals surface area contributed by atoms with Gasteiger partial charge in [0.15, 0.2) is 17.3 Å². The Bertz CT molecular complexity index is 901. The van der Waals surface area contributed by atoms with Crippen LogP contribution in [0, 0.1) is 0 Å². The second-order valence-corrected chi connectivity index (χ2v) is 8.47. The maximum atomic E-state index is 12.1. The molecule has 3 heterocycles. The normalized spacial score (nSPS) is 18.2. The van der Waals surface area contributed by atoms with Crippen LogP contribution in [0.15, 0.2) is 24.3 Å². The standard InChI is InChI=1S/C23H33N7O/c1-3-19-23(30-14-10-25-11-15-30)28-22(20(27-19)21(24)31)26-18-6-4-16(5-7-18)17-8-12-29(2)13-9-17/h4-7,17,25H,3,8-15H2,1-2H3,(H2,24,31)(H,26,28). The molecule has 31 heavy (non-hydrogen) atoms. The largest absolute Gasteiger partial charge is 0.364 e. The second kappa shape index (κ2) is 9.62. The van der Waals surface area contributed by atoms with E-state index < -0.39 is 5.91 Å². The number of likely N-dealkylation sites (tertiary alicyclic amines) is 1. The number of hydrogen-bond acceptors (Lipinski definition) is 7. The molecule has 2 saturated heterocycles. The maximum Gasteiger partial charge on any atom is 0.271 e. The van der Waals surface area contributed by atoms with Crippen molar-refractivity contribution < 1.29 is 4.79 Å². The van der Waals surface area contributed by atoms with E-state index in [4.69, 9.17) is 10.7 Å². The van der Waals surface area contributed by atoms with Crippen molar-refractivity contribution >= 4 is 23.2 Å². The molecule has 4 rings (SSSR count). The molecule has 2 aromatic rings. The number of rotatable bonds is 6. The van der Waals surface area contributed by atoms with Crippen LogP contribution in [0.1, 0.15) is 47.4 Å². The van der Waals surface area contributed by atoms with Gasteiger partial charge in [-0.25, -0.2) is 9.97 Å². The Kier molecular flexibility index (Phi) is 6.67. The van der Waals surface area contributed by atoms with Gasteiger partial charge in [-0.3, -0.25) is 4.79 Å². The maximum absolute atomic E-state index is 12.1. The van der Waals surface area contributed by atoms with Gasteiger partial charge in [0, 0.05) is 31.9 Å². The van der Waals surface area contributed by atoms with E-state index in [0.717, 1.165) is 56.5 Å². The number of carbonyl (C=O) groups excluding carboxylic acids is 1. The lowest BCUT2D eigenvalue weighted by Gasteiger charge is -2.30. The fourth-order valence-electron chi connectivity index (χ4n) is 4.40. The van der Waals surface area contributed by atoms with Crippen LogP contribution in [-0.4, -0.2) is 67.1 Å². The van der Waals surface area contributed by atoms with Gasteiger partial charge in [-0.05, 0) is 63.0 Å². The lowest BCUT2D eigenvalue weighted by atomic mass is 9.89. The highest BCUT2D eigenvalue weighted by Crippen LogP contribution is 2.30. The van der Waals surface area contributed by atoms with Crippen LogP contribution < -0.4 is 21.3 Å². The Morgan fingerprint density at radius 2 is 1.81 bits per heavy atom. The number of nitrogens with one attached hydrogen (secondary N) is 2. The molecule has 2 aliphatic heterocycles. The Morgan fingerprint density at radius 3 is 2.42 bits per heavy atom. The van der Waals surface area contributed by atoms with Crippen LogP contribution in [-0.2, 0) is 6.42 Å². The molecular weight excluding hydrogens is 390 g/mol. The predicted octanol–water partition coefficient (Wildman–Crippen LogP) is 2.10. The molecule has 0 spiro atoms. The Labute approximate surface area is 184 Å². The summed E-state index contributed by atoms with van der Waals surface area (Å²) in [6.45, 7) is 7.84. The monoisotopic (exact) mass is 423 g/mol. The number of benzene rings is 1. The summed E-state index contributed by atoms with van der Waals surface area (Å²) >= 11 is 0. The fraction of sp³-hybridized carbons (Fsp3) is 0.522. The van der Waals surface area contributed by atoms with E-state index in [9.17, 15) is 4.79 Å². The van der Waals surface area contributed by atoms with Crippen LogP contribution in [0.2, 0.25) is 0 Å². The van der Waals surface area contributed by atoms with Crippen LogP contribution in [0.25, 0.3) is 0 Å². The quantitative estimate of drug-likeness (QED) is 0.654. The van der Waals surface area contributed by atoms with Crippen molar-refractivity contribution in [2.45, 2.75) is 32.1 Å². The van der Waals surface area contributed by atoms with Gasteiger partial charge >= 0.3 is 0 Å². The summed E-state index contributed by atoms with van der Waals surface area (Å²) in [5.74, 6) is 1.29. The highest BCUT2D eigenvalue weighted by Gasteiger charge is 2.22. The third-order valence-electron chi connectivity index (χ3n) is 6.30. The molecule has 0 unspecified atom stereocenters. The zero-order valence-corrected chi connectivity index (χ0v) is 18.5. The van der Waals surface area contributed by atoms with E-state index in [0.29, 0.717) is 18.2 Å². The smallest absolute Gasteiger partial charge is 0.271 e. The topological polar surface area (TPSA) is 99.4 Å². The number of aromatic nitrogens is 2. The van der Waals surface area contributed by atoms with E-state index in [-0.39, 0.29) is 5.69 Å². The molecule has 1 amide bonds. The molecule has 8 nitrogen and oxygen atoms in total. The molecule has 2 aliphatic rings. The van der Waals surface area contributed by atoms with Crippen molar-refractivity contribution in [1.29, 1.82) is 0 Å². The summed E-state index contributed by atoms with van der Waals surface area (Å²) in [5, 5.41) is 6.66. The number of hydrogen-bond donors (Lipinski definition) is 3.